The molecule has 0 spiro atoms. The number of carbonyl (C=O) groups is 3. The zero-order valence-corrected chi connectivity index (χ0v) is 22.2. The average molecular weight is 531 g/mol. The Morgan fingerprint density at radius 1 is 0.825 bits per heavy atom. The van der Waals surface area contributed by atoms with Crippen LogP contribution >= 0.6 is 0 Å². The third-order valence-electron chi connectivity index (χ3n) is 6.38. The largest absolute Gasteiger partial charge is 0.465 e. The van der Waals surface area contributed by atoms with Gasteiger partial charge >= 0.3 is 5.97 Å². The molecule has 3 aromatic carbocycles. The summed E-state index contributed by atoms with van der Waals surface area (Å²) in [6.07, 6.45) is 3.38. The van der Waals surface area contributed by atoms with E-state index in [1.54, 1.807) is 35.9 Å². The van der Waals surface area contributed by atoms with Gasteiger partial charge < -0.3 is 10.1 Å². The number of carbonyl (C=O) groups excluding carboxylic acids is 3. The molecule has 0 aliphatic rings. The first-order valence-corrected chi connectivity index (χ1v) is 12.6. The number of para-hydroxylation sites is 1. The fraction of sp³-hybridized carbons (Fsp3) is 0.0938. The van der Waals surface area contributed by atoms with Crippen LogP contribution < -0.4 is 5.32 Å². The average Bonchev–Trinajstić information content (AvgIpc) is 3.32. The maximum absolute atomic E-state index is 13.8. The van der Waals surface area contributed by atoms with Crippen LogP contribution in [0.3, 0.4) is 0 Å². The minimum atomic E-state index is -0.921. The number of anilines is 1. The minimum Gasteiger partial charge on any atom is -0.465 e. The Kier molecular flexibility index (Phi) is 7.33. The number of ketones is 1. The number of hydrogen-bond donors (Lipinski definition) is 1. The van der Waals surface area contributed by atoms with Crippen LogP contribution in [0.15, 0.2) is 84.9 Å². The fourth-order valence-electron chi connectivity index (χ4n) is 4.42. The molecule has 8 nitrogen and oxygen atoms in total. The molecule has 0 unspecified atom stereocenters. The molecule has 0 radical (unpaired) electrons. The second-order valence-electron chi connectivity index (χ2n) is 9.16. The predicted molar refractivity (Wildman–Crippen MR) is 154 cm³/mol. The van der Waals surface area contributed by atoms with Crippen LogP contribution in [0.2, 0.25) is 0 Å². The number of pyridine rings is 1. The number of nitrogens with zero attached hydrogens (tertiary/aromatic N) is 3. The van der Waals surface area contributed by atoms with Crippen molar-refractivity contribution in [2.24, 2.45) is 0 Å². The monoisotopic (exact) mass is 530 g/mol. The lowest BCUT2D eigenvalue weighted by atomic mass is 9.96. The molecule has 5 rings (SSSR count). The van der Waals surface area contributed by atoms with Crippen molar-refractivity contribution in [1.29, 1.82) is 0 Å². The molecule has 198 valence electrons. The molecule has 0 saturated carbocycles. The van der Waals surface area contributed by atoms with Gasteiger partial charge in [-0.1, -0.05) is 72.3 Å². The van der Waals surface area contributed by atoms with E-state index in [0.717, 1.165) is 16.8 Å². The van der Waals surface area contributed by atoms with Gasteiger partial charge in [-0.25, -0.2) is 14.5 Å². The number of nitrogens with one attached hydrogen (secondary N) is 1. The minimum absolute atomic E-state index is 0.0658. The summed E-state index contributed by atoms with van der Waals surface area (Å²) in [5.74, 6) is -2.60. The Labute approximate surface area is 230 Å². The molecule has 40 heavy (non-hydrogen) atoms. The molecule has 0 atom stereocenters. The molecule has 0 aliphatic heterocycles. The van der Waals surface area contributed by atoms with Crippen LogP contribution in [-0.4, -0.2) is 39.5 Å². The summed E-state index contributed by atoms with van der Waals surface area (Å²) in [5, 5.41) is 7.59. The van der Waals surface area contributed by atoms with Gasteiger partial charge in [-0.05, 0) is 49.8 Å². The van der Waals surface area contributed by atoms with Gasteiger partial charge in [0, 0.05) is 5.69 Å². The molecule has 0 fully saturated rings. The second-order valence-corrected chi connectivity index (χ2v) is 9.16. The maximum atomic E-state index is 13.8. The number of aromatic nitrogens is 3. The van der Waals surface area contributed by atoms with E-state index in [2.05, 4.69) is 10.4 Å². The van der Waals surface area contributed by atoms with Gasteiger partial charge in [-0.15, -0.1) is 0 Å². The Hall–Kier alpha value is -5.37. The summed E-state index contributed by atoms with van der Waals surface area (Å²) < 4.78 is 6.73. The number of amides is 1. The van der Waals surface area contributed by atoms with Crippen LogP contribution in [0.1, 0.15) is 43.2 Å². The third-order valence-corrected chi connectivity index (χ3v) is 6.38. The first kappa shape index (κ1) is 26.2. The Morgan fingerprint density at radius 3 is 2.12 bits per heavy atom. The quantitative estimate of drug-likeness (QED) is 0.162. The zero-order chi connectivity index (χ0) is 28.2. The smallest absolute Gasteiger partial charge is 0.339 e. The molecule has 5 aromatic rings. The molecular weight excluding hydrogens is 504 g/mol. The molecule has 1 amide bonds. The lowest BCUT2D eigenvalue weighted by Crippen LogP contribution is -2.26. The van der Waals surface area contributed by atoms with Crippen LogP contribution in [0.5, 0.6) is 0 Å². The highest BCUT2D eigenvalue weighted by Gasteiger charge is 2.32. The van der Waals surface area contributed by atoms with Gasteiger partial charge in [-0.3, -0.25) is 9.59 Å². The Balaban J connectivity index is 1.75. The number of ether oxygens (including phenoxy) is 1. The lowest BCUT2D eigenvalue weighted by Gasteiger charge is -2.13. The number of fused-ring (bicyclic) bond motifs is 1. The summed E-state index contributed by atoms with van der Waals surface area (Å²) in [6.45, 7) is 3.64. The van der Waals surface area contributed by atoms with Crippen molar-refractivity contribution < 1.29 is 19.1 Å². The Morgan fingerprint density at radius 2 is 1.48 bits per heavy atom. The van der Waals surface area contributed by atoms with E-state index in [0.29, 0.717) is 22.4 Å². The maximum Gasteiger partial charge on any atom is 0.339 e. The highest BCUT2D eigenvalue weighted by molar-refractivity contribution is 6.48. The summed E-state index contributed by atoms with van der Waals surface area (Å²) in [7, 11) is 1.23. The number of methoxy groups -OCH3 is 1. The molecule has 2 heterocycles. The van der Waals surface area contributed by atoms with Crippen molar-refractivity contribution in [3.63, 3.8) is 0 Å². The highest BCUT2D eigenvalue weighted by Crippen LogP contribution is 2.31. The molecule has 0 aliphatic carbocycles. The van der Waals surface area contributed by atoms with Gasteiger partial charge in [0.25, 0.3) is 11.7 Å². The van der Waals surface area contributed by atoms with Gasteiger partial charge in [-0.2, -0.15) is 5.10 Å². The van der Waals surface area contributed by atoms with E-state index in [1.165, 1.54) is 7.11 Å². The van der Waals surface area contributed by atoms with Crippen LogP contribution in [0, 0.1) is 13.8 Å². The molecule has 2 aromatic heterocycles. The van der Waals surface area contributed by atoms with Crippen molar-refractivity contribution in [2.45, 2.75) is 13.8 Å². The van der Waals surface area contributed by atoms with Crippen molar-refractivity contribution in [1.82, 2.24) is 14.8 Å². The van der Waals surface area contributed by atoms with Crippen LogP contribution in [0.25, 0.3) is 28.9 Å². The highest BCUT2D eigenvalue weighted by atomic mass is 16.5. The lowest BCUT2D eigenvalue weighted by molar-refractivity contribution is -0.112. The third kappa shape index (κ3) is 5.15. The van der Waals surface area contributed by atoms with Gasteiger partial charge in [0.2, 0.25) is 0 Å². The van der Waals surface area contributed by atoms with E-state index in [1.807, 2.05) is 79.7 Å². The summed E-state index contributed by atoms with van der Waals surface area (Å²) in [5.41, 5.74) is 3.75. The standard InChI is InChI=1S/C32H26N4O4/c1-20-14-17-23(18-15-20)33-31(38)29(37)27-25(19-16-22-10-6-4-7-11-22)34-30-26(28(27)32(39)40-3)21(2)35-36(30)24-12-8-5-9-13-24/h4-19H,1-3H3,(H,33,38). The topological polar surface area (TPSA) is 103 Å². The van der Waals surface area contributed by atoms with Gasteiger partial charge in [0.05, 0.1) is 40.7 Å². The molecule has 0 saturated heterocycles. The van der Waals surface area contributed by atoms with Gasteiger partial charge in [0.1, 0.15) is 0 Å². The predicted octanol–water partition coefficient (Wildman–Crippen LogP) is 5.82. The summed E-state index contributed by atoms with van der Waals surface area (Å²) >= 11 is 0. The number of rotatable bonds is 7. The molecule has 1 N–H and O–H groups in total. The SMILES string of the molecule is COC(=O)c1c(C(=O)C(=O)Nc2ccc(C)cc2)c(C=Cc2ccccc2)nc2c1c(C)nn2-c1ccccc1. The zero-order valence-electron chi connectivity index (χ0n) is 22.2. The number of esters is 1. The van der Waals surface area contributed by atoms with Gasteiger partial charge in [0.15, 0.2) is 5.65 Å². The molecule has 8 heteroatoms. The van der Waals surface area contributed by atoms with E-state index in [9.17, 15) is 14.4 Å². The fourth-order valence-corrected chi connectivity index (χ4v) is 4.42. The first-order valence-electron chi connectivity index (χ1n) is 12.6. The first-order chi connectivity index (χ1) is 19.4. The van der Waals surface area contributed by atoms with E-state index in [-0.39, 0.29) is 16.8 Å². The van der Waals surface area contributed by atoms with E-state index in [4.69, 9.17) is 9.72 Å². The second kappa shape index (κ2) is 11.2. The van der Waals surface area contributed by atoms with Crippen LogP contribution in [-0.2, 0) is 9.53 Å². The number of hydrogen-bond acceptors (Lipinski definition) is 6. The van der Waals surface area contributed by atoms with E-state index < -0.39 is 17.7 Å². The summed E-state index contributed by atoms with van der Waals surface area (Å²) in [6, 6.07) is 25.8. The molecule has 0 bridgehead atoms. The number of aryl methyl sites for hydroxylation is 2. The normalized spacial score (nSPS) is 11.1. The number of benzene rings is 3. The van der Waals surface area contributed by atoms with Crippen molar-refractivity contribution in [3.8, 4) is 5.69 Å². The van der Waals surface area contributed by atoms with E-state index >= 15 is 0 Å². The number of Topliss-reactive ketones (excluding diaryl/α,β-unsaturated/α-hetero) is 1. The van der Waals surface area contributed by atoms with Crippen molar-refractivity contribution in [2.75, 3.05) is 12.4 Å². The Bertz CT molecular complexity index is 1760. The van der Waals surface area contributed by atoms with Crippen LogP contribution in [0.4, 0.5) is 5.69 Å². The van der Waals surface area contributed by atoms with Crippen molar-refractivity contribution >= 4 is 46.5 Å². The molecular formula is C32H26N4O4. The van der Waals surface area contributed by atoms with Crippen molar-refractivity contribution in [3.05, 3.63) is 119 Å². The summed E-state index contributed by atoms with van der Waals surface area (Å²) in [4.78, 5) is 45.1.